The van der Waals surface area contributed by atoms with Gasteiger partial charge in [-0.25, -0.2) is 9.00 Å². The number of carbonyl (C=O) groups is 1. The van der Waals surface area contributed by atoms with Crippen LogP contribution in [-0.4, -0.2) is 21.8 Å². The Morgan fingerprint density at radius 1 is 1.32 bits per heavy atom. The number of rotatable bonds is 3. The van der Waals surface area contributed by atoms with Gasteiger partial charge in [-0.1, -0.05) is 25.3 Å². The molecule has 1 aromatic rings. The van der Waals surface area contributed by atoms with Gasteiger partial charge in [0.1, 0.15) is 0 Å². The zero-order valence-electron chi connectivity index (χ0n) is 10.9. The molecule has 104 valence electrons. The second-order valence-corrected chi connectivity index (χ2v) is 5.77. The van der Waals surface area contributed by atoms with Crippen LogP contribution in [0.5, 0.6) is 0 Å². The third-order valence-corrected chi connectivity index (χ3v) is 4.40. The number of methoxy groups -OCH3 is 1. The smallest absolute Gasteiger partial charge is 0.337 e. The highest BCUT2D eigenvalue weighted by molar-refractivity contribution is 7.79. The summed E-state index contributed by atoms with van der Waals surface area (Å²) in [4.78, 5) is 11.8. The summed E-state index contributed by atoms with van der Waals surface area (Å²) >= 11 is -2.08. The number of esters is 1. The maximum absolute atomic E-state index is 11.5. The zero-order valence-corrected chi connectivity index (χ0v) is 11.7. The molecule has 1 aliphatic carbocycles. The molecule has 1 aliphatic rings. The van der Waals surface area contributed by atoms with Gasteiger partial charge in [-0.15, -0.1) is 0 Å². The van der Waals surface area contributed by atoms with Crippen molar-refractivity contribution in [3.05, 3.63) is 29.3 Å². The third-order valence-electron chi connectivity index (χ3n) is 3.67. The van der Waals surface area contributed by atoms with E-state index in [-0.39, 0.29) is 0 Å². The Balaban J connectivity index is 2.37. The predicted octanol–water partition coefficient (Wildman–Crippen LogP) is 3.10. The molecule has 0 saturated heterocycles. The summed E-state index contributed by atoms with van der Waals surface area (Å²) in [6.45, 7) is 0. The minimum Gasteiger partial charge on any atom is -0.465 e. The highest BCUT2D eigenvalue weighted by Crippen LogP contribution is 2.35. The molecular weight excluding hydrogens is 264 g/mol. The van der Waals surface area contributed by atoms with Crippen LogP contribution in [-0.2, 0) is 15.8 Å². The van der Waals surface area contributed by atoms with Gasteiger partial charge in [-0.2, -0.15) is 0 Å². The molecule has 0 bridgehead atoms. The molecule has 1 N–H and O–H groups in total. The number of carbonyl (C=O) groups excluding carboxylic acids is 1. The van der Waals surface area contributed by atoms with Crippen molar-refractivity contribution in [2.75, 3.05) is 7.11 Å². The predicted molar refractivity (Wildman–Crippen MR) is 72.6 cm³/mol. The van der Waals surface area contributed by atoms with Crippen molar-refractivity contribution < 1.29 is 18.3 Å². The first-order valence-corrected chi connectivity index (χ1v) is 7.57. The first-order valence-electron chi connectivity index (χ1n) is 6.46. The van der Waals surface area contributed by atoms with E-state index in [1.165, 1.54) is 19.6 Å². The van der Waals surface area contributed by atoms with E-state index >= 15 is 0 Å². The molecule has 19 heavy (non-hydrogen) atoms. The largest absolute Gasteiger partial charge is 0.465 e. The van der Waals surface area contributed by atoms with Crippen LogP contribution in [0.4, 0.5) is 0 Å². The highest BCUT2D eigenvalue weighted by atomic mass is 32.2. The molecule has 5 heteroatoms. The Bertz CT molecular complexity index is 492. The second-order valence-electron chi connectivity index (χ2n) is 4.83. The van der Waals surface area contributed by atoms with E-state index in [1.54, 1.807) is 12.1 Å². The van der Waals surface area contributed by atoms with E-state index in [0.29, 0.717) is 16.4 Å². The van der Waals surface area contributed by atoms with Crippen molar-refractivity contribution >= 4 is 17.0 Å². The SMILES string of the molecule is COC(=O)c1ccc(C2CCCCC2)c(S(=O)O)c1. The van der Waals surface area contributed by atoms with Gasteiger partial charge < -0.3 is 9.29 Å². The van der Waals surface area contributed by atoms with Gasteiger partial charge in [0.15, 0.2) is 11.1 Å². The number of hydrogen-bond donors (Lipinski definition) is 1. The molecule has 1 unspecified atom stereocenters. The Hall–Kier alpha value is -1.20. The fourth-order valence-electron chi connectivity index (χ4n) is 2.68. The minimum atomic E-state index is -2.08. The summed E-state index contributed by atoms with van der Waals surface area (Å²) in [7, 11) is 1.30. The second kappa shape index (κ2) is 6.30. The Kier molecular flexibility index (Phi) is 4.71. The minimum absolute atomic E-state index is 0.319. The van der Waals surface area contributed by atoms with E-state index in [2.05, 4.69) is 4.74 Å². The average molecular weight is 282 g/mol. The van der Waals surface area contributed by atoms with Crippen LogP contribution in [0.3, 0.4) is 0 Å². The number of hydrogen-bond acceptors (Lipinski definition) is 3. The van der Waals surface area contributed by atoms with Gasteiger partial charge in [0.2, 0.25) is 0 Å². The van der Waals surface area contributed by atoms with Crippen LogP contribution in [0.15, 0.2) is 23.1 Å². The van der Waals surface area contributed by atoms with Crippen molar-refractivity contribution in [2.24, 2.45) is 0 Å². The monoisotopic (exact) mass is 282 g/mol. The van der Waals surface area contributed by atoms with Gasteiger partial charge in [0, 0.05) is 0 Å². The molecule has 0 aliphatic heterocycles. The molecule has 4 nitrogen and oxygen atoms in total. The maximum Gasteiger partial charge on any atom is 0.337 e. The van der Waals surface area contributed by atoms with Crippen molar-refractivity contribution in [1.82, 2.24) is 0 Å². The third kappa shape index (κ3) is 3.22. The molecule has 1 saturated carbocycles. The molecule has 0 radical (unpaired) electrons. The van der Waals surface area contributed by atoms with Crippen LogP contribution in [0, 0.1) is 0 Å². The van der Waals surface area contributed by atoms with E-state index in [4.69, 9.17) is 0 Å². The molecule has 1 atom stereocenters. The Morgan fingerprint density at radius 2 is 2.00 bits per heavy atom. The lowest BCUT2D eigenvalue weighted by Gasteiger charge is -2.23. The molecule has 2 rings (SSSR count). The zero-order chi connectivity index (χ0) is 13.8. The van der Waals surface area contributed by atoms with Crippen molar-refractivity contribution in [3.8, 4) is 0 Å². The van der Waals surface area contributed by atoms with Gasteiger partial charge >= 0.3 is 5.97 Å². The van der Waals surface area contributed by atoms with Crippen molar-refractivity contribution in [2.45, 2.75) is 42.9 Å². The molecule has 0 spiro atoms. The summed E-state index contributed by atoms with van der Waals surface area (Å²) < 4.78 is 25.6. The standard InChI is InChI=1S/C14H18O4S/c1-18-14(15)11-7-8-12(13(9-11)19(16)17)10-5-3-2-4-6-10/h7-10H,2-6H2,1H3,(H,16,17). The summed E-state index contributed by atoms with van der Waals surface area (Å²) in [6.07, 6.45) is 5.62. The normalized spacial score (nSPS) is 18.0. The van der Waals surface area contributed by atoms with Gasteiger partial charge in [0.25, 0.3) is 0 Å². The lowest BCUT2D eigenvalue weighted by molar-refractivity contribution is 0.0600. The summed E-state index contributed by atoms with van der Waals surface area (Å²) in [5.74, 6) is -0.159. The molecule has 0 heterocycles. The summed E-state index contributed by atoms with van der Waals surface area (Å²) in [6, 6.07) is 4.95. The van der Waals surface area contributed by atoms with E-state index in [9.17, 15) is 13.6 Å². The van der Waals surface area contributed by atoms with Gasteiger partial charge in [-0.3, -0.25) is 0 Å². The highest BCUT2D eigenvalue weighted by Gasteiger charge is 2.22. The quantitative estimate of drug-likeness (QED) is 0.683. The first kappa shape index (κ1) is 14.2. The van der Waals surface area contributed by atoms with Crippen molar-refractivity contribution in [3.63, 3.8) is 0 Å². The molecule has 0 amide bonds. The molecule has 1 aromatic carbocycles. The van der Waals surface area contributed by atoms with E-state index in [1.807, 2.05) is 0 Å². The van der Waals surface area contributed by atoms with Crippen LogP contribution in [0.2, 0.25) is 0 Å². The molecular formula is C14H18O4S. The lowest BCUT2D eigenvalue weighted by Crippen LogP contribution is -2.10. The van der Waals surface area contributed by atoms with E-state index in [0.717, 1.165) is 31.2 Å². The summed E-state index contributed by atoms with van der Waals surface area (Å²) in [5, 5.41) is 0. The molecule has 1 fully saturated rings. The first-order chi connectivity index (χ1) is 9.13. The van der Waals surface area contributed by atoms with Crippen LogP contribution < -0.4 is 0 Å². The molecule has 0 aromatic heterocycles. The van der Waals surface area contributed by atoms with Crippen molar-refractivity contribution in [1.29, 1.82) is 0 Å². The Morgan fingerprint density at radius 3 is 2.58 bits per heavy atom. The fourth-order valence-corrected chi connectivity index (χ4v) is 3.35. The topological polar surface area (TPSA) is 63.6 Å². The maximum atomic E-state index is 11.5. The Labute approximate surface area is 115 Å². The summed E-state index contributed by atoms with van der Waals surface area (Å²) in [5.41, 5.74) is 1.22. The van der Waals surface area contributed by atoms with Crippen LogP contribution in [0.1, 0.15) is 53.9 Å². The number of benzene rings is 1. The van der Waals surface area contributed by atoms with E-state index < -0.39 is 17.0 Å². The number of ether oxygens (including phenoxy) is 1. The van der Waals surface area contributed by atoms with Crippen LogP contribution >= 0.6 is 0 Å². The fraction of sp³-hybridized carbons (Fsp3) is 0.500. The average Bonchev–Trinajstić information content (AvgIpc) is 2.46. The van der Waals surface area contributed by atoms with Crippen LogP contribution in [0.25, 0.3) is 0 Å². The van der Waals surface area contributed by atoms with Gasteiger partial charge in [-0.05, 0) is 36.5 Å². The lowest BCUT2D eigenvalue weighted by atomic mass is 9.84. The van der Waals surface area contributed by atoms with Gasteiger partial charge in [0.05, 0.1) is 17.6 Å².